The number of hydrogen-bond acceptors (Lipinski definition) is 5. The molecule has 0 aliphatic heterocycles. The zero-order valence-electron chi connectivity index (χ0n) is 16.6. The quantitative estimate of drug-likeness (QED) is 0.743. The Bertz CT molecular complexity index is 899. The van der Waals surface area contributed by atoms with Gasteiger partial charge in [-0.05, 0) is 43.4 Å². The highest BCUT2D eigenvalue weighted by molar-refractivity contribution is 7.16. The molecule has 7 nitrogen and oxygen atoms in total. The predicted octanol–water partition coefficient (Wildman–Crippen LogP) is 3.36. The molecule has 0 unspecified atom stereocenters. The summed E-state index contributed by atoms with van der Waals surface area (Å²) >= 11 is 1.72. The van der Waals surface area contributed by atoms with Crippen LogP contribution >= 0.6 is 11.3 Å². The minimum atomic E-state index is -0.614. The first-order valence-corrected chi connectivity index (χ1v) is 10.2. The van der Waals surface area contributed by atoms with Crippen LogP contribution in [-0.4, -0.2) is 47.1 Å². The van der Waals surface area contributed by atoms with Crippen LogP contribution < -0.4 is 5.32 Å². The average Bonchev–Trinajstić information content (AvgIpc) is 3.28. The van der Waals surface area contributed by atoms with Gasteiger partial charge >= 0.3 is 6.09 Å². The fraction of sp³-hybridized carbons (Fsp3) is 0.450. The first-order chi connectivity index (χ1) is 13.4. The number of carbonyl (C=O) groups is 2. The number of aromatic nitrogens is 2. The number of fused-ring (bicyclic) bond motifs is 3. The van der Waals surface area contributed by atoms with Gasteiger partial charge in [0, 0.05) is 17.1 Å². The van der Waals surface area contributed by atoms with Crippen LogP contribution in [0.4, 0.5) is 4.79 Å². The Kier molecular flexibility index (Phi) is 6.18. The Hall–Kier alpha value is -2.61. The lowest BCUT2D eigenvalue weighted by molar-refractivity contribution is -0.130. The lowest BCUT2D eigenvalue weighted by atomic mass is 9.99. The molecule has 1 aliphatic carbocycles. The second kappa shape index (κ2) is 8.60. The summed E-state index contributed by atoms with van der Waals surface area (Å²) in [5.74, 6) is 0.603. The van der Waals surface area contributed by atoms with E-state index in [1.54, 1.807) is 16.2 Å². The number of hydrogen-bond donors (Lipinski definition) is 2. The van der Waals surface area contributed by atoms with Crippen LogP contribution in [-0.2, 0) is 28.9 Å². The van der Waals surface area contributed by atoms with Gasteiger partial charge in [-0.1, -0.05) is 13.5 Å². The number of alkyl carbamates (subject to hydrolysis) is 1. The van der Waals surface area contributed by atoms with E-state index in [9.17, 15) is 9.59 Å². The standard InChI is InChI=1S/C20H26N4O3S/c1-5-8-24(17(25)10-21-20(26)27-4)11-16-22-14-7-6-13-9-15(12(2)3)28-19(13)18(14)23-16/h9H,2,5-8,10-11H2,1,3-4H3,(H,21,26)(H,22,23). The molecular formula is C20H26N4O3S. The van der Waals surface area contributed by atoms with Gasteiger partial charge in [0.05, 0.1) is 18.5 Å². The number of aryl methyl sites for hydroxylation is 2. The van der Waals surface area contributed by atoms with Gasteiger partial charge in [0.2, 0.25) is 5.91 Å². The molecule has 0 atom stereocenters. The number of imidazole rings is 1. The van der Waals surface area contributed by atoms with Gasteiger partial charge in [0.1, 0.15) is 18.1 Å². The topological polar surface area (TPSA) is 87.3 Å². The third-order valence-electron chi connectivity index (χ3n) is 4.67. The van der Waals surface area contributed by atoms with Crippen molar-refractivity contribution in [3.05, 3.63) is 34.6 Å². The predicted molar refractivity (Wildman–Crippen MR) is 110 cm³/mol. The van der Waals surface area contributed by atoms with Crippen LogP contribution in [0.3, 0.4) is 0 Å². The van der Waals surface area contributed by atoms with Crippen LogP contribution in [0, 0.1) is 0 Å². The van der Waals surface area contributed by atoms with E-state index in [1.807, 2.05) is 13.8 Å². The number of ether oxygens (including phenoxy) is 1. The van der Waals surface area contributed by atoms with E-state index in [-0.39, 0.29) is 12.5 Å². The number of nitrogens with zero attached hydrogens (tertiary/aromatic N) is 2. The van der Waals surface area contributed by atoms with E-state index in [2.05, 4.69) is 27.7 Å². The normalized spacial score (nSPS) is 12.1. The molecule has 0 saturated carbocycles. The third kappa shape index (κ3) is 4.27. The van der Waals surface area contributed by atoms with Gasteiger partial charge in [-0.2, -0.15) is 0 Å². The third-order valence-corrected chi connectivity index (χ3v) is 6.02. The molecule has 2 N–H and O–H groups in total. The molecular weight excluding hydrogens is 376 g/mol. The molecule has 0 aromatic carbocycles. The maximum Gasteiger partial charge on any atom is 0.407 e. The zero-order valence-corrected chi connectivity index (χ0v) is 17.4. The van der Waals surface area contributed by atoms with Crippen molar-refractivity contribution in [1.29, 1.82) is 0 Å². The molecule has 0 spiro atoms. The van der Waals surface area contributed by atoms with Crippen molar-refractivity contribution in [3.8, 4) is 10.6 Å². The highest BCUT2D eigenvalue weighted by Crippen LogP contribution is 2.40. The van der Waals surface area contributed by atoms with Crippen molar-refractivity contribution in [3.63, 3.8) is 0 Å². The van der Waals surface area contributed by atoms with Gasteiger partial charge < -0.3 is 19.9 Å². The van der Waals surface area contributed by atoms with Crippen LogP contribution in [0.2, 0.25) is 0 Å². The Morgan fingerprint density at radius 2 is 2.21 bits per heavy atom. The minimum absolute atomic E-state index is 0.0931. The Labute approximate surface area is 168 Å². The molecule has 1 aliphatic rings. The summed E-state index contributed by atoms with van der Waals surface area (Å²) in [5, 5.41) is 2.44. The average molecular weight is 403 g/mol. The molecule has 150 valence electrons. The number of amides is 2. The largest absolute Gasteiger partial charge is 0.453 e. The number of allylic oxidation sites excluding steroid dienone is 1. The van der Waals surface area contributed by atoms with Gasteiger partial charge in [-0.3, -0.25) is 4.79 Å². The maximum atomic E-state index is 12.5. The fourth-order valence-electron chi connectivity index (χ4n) is 3.27. The first-order valence-electron chi connectivity index (χ1n) is 9.39. The van der Waals surface area contributed by atoms with Crippen LogP contribution in [0.25, 0.3) is 16.1 Å². The lowest BCUT2D eigenvalue weighted by Gasteiger charge is -2.21. The second-order valence-corrected chi connectivity index (χ2v) is 7.97. The number of carbonyl (C=O) groups excluding carboxylic acids is 2. The number of H-pyrrole nitrogens is 1. The van der Waals surface area contributed by atoms with E-state index in [0.29, 0.717) is 13.1 Å². The van der Waals surface area contributed by atoms with Crippen molar-refractivity contribution in [2.45, 2.75) is 39.7 Å². The summed E-state index contributed by atoms with van der Waals surface area (Å²) in [4.78, 5) is 36.0. The summed E-state index contributed by atoms with van der Waals surface area (Å²) in [6, 6.07) is 2.21. The maximum absolute atomic E-state index is 12.5. The molecule has 0 bridgehead atoms. The molecule has 2 heterocycles. The second-order valence-electron chi connectivity index (χ2n) is 6.92. The zero-order chi connectivity index (χ0) is 20.3. The Morgan fingerprint density at radius 3 is 2.89 bits per heavy atom. The Balaban J connectivity index is 1.77. The highest BCUT2D eigenvalue weighted by atomic mass is 32.1. The van der Waals surface area contributed by atoms with Gasteiger partial charge in [0.25, 0.3) is 0 Å². The van der Waals surface area contributed by atoms with E-state index in [4.69, 9.17) is 4.98 Å². The summed E-state index contributed by atoms with van der Waals surface area (Å²) < 4.78 is 4.52. The van der Waals surface area contributed by atoms with Crippen molar-refractivity contribution >= 4 is 28.9 Å². The number of rotatable bonds is 7. The van der Waals surface area contributed by atoms with Gasteiger partial charge in [-0.25, -0.2) is 9.78 Å². The number of aromatic amines is 1. The molecule has 2 amide bonds. The van der Waals surface area contributed by atoms with Gasteiger partial charge in [-0.15, -0.1) is 11.3 Å². The summed E-state index contributed by atoms with van der Waals surface area (Å²) in [7, 11) is 1.27. The molecule has 8 heteroatoms. The summed E-state index contributed by atoms with van der Waals surface area (Å²) in [5.41, 5.74) is 4.49. The Morgan fingerprint density at radius 1 is 1.43 bits per heavy atom. The molecule has 0 radical (unpaired) electrons. The van der Waals surface area contributed by atoms with Crippen molar-refractivity contribution in [1.82, 2.24) is 20.2 Å². The number of nitrogens with one attached hydrogen (secondary N) is 2. The monoisotopic (exact) mass is 402 g/mol. The molecule has 28 heavy (non-hydrogen) atoms. The molecule has 2 aromatic heterocycles. The van der Waals surface area contributed by atoms with Crippen molar-refractivity contribution in [2.75, 3.05) is 20.2 Å². The number of thiophene rings is 1. The highest BCUT2D eigenvalue weighted by Gasteiger charge is 2.24. The molecule has 0 saturated heterocycles. The van der Waals surface area contributed by atoms with E-state index < -0.39 is 6.09 Å². The summed E-state index contributed by atoms with van der Waals surface area (Å²) in [6.07, 6.45) is 2.10. The number of methoxy groups -OCH3 is 1. The minimum Gasteiger partial charge on any atom is -0.453 e. The van der Waals surface area contributed by atoms with Crippen LogP contribution in [0.15, 0.2) is 12.6 Å². The SMILES string of the molecule is C=C(C)c1cc2c(s1)-c1nc(CN(CCC)C(=O)CNC(=O)OC)[nH]c1CC2. The lowest BCUT2D eigenvalue weighted by Crippen LogP contribution is -2.40. The smallest absolute Gasteiger partial charge is 0.407 e. The van der Waals surface area contributed by atoms with Crippen LogP contribution in [0.1, 0.15) is 42.2 Å². The van der Waals surface area contributed by atoms with Crippen LogP contribution in [0.5, 0.6) is 0 Å². The van der Waals surface area contributed by atoms with Crippen molar-refractivity contribution < 1.29 is 14.3 Å². The van der Waals surface area contributed by atoms with E-state index >= 15 is 0 Å². The van der Waals surface area contributed by atoms with E-state index in [1.165, 1.54) is 22.4 Å². The first kappa shape index (κ1) is 20.1. The molecule has 2 aromatic rings. The molecule has 3 rings (SSSR count). The fourth-order valence-corrected chi connectivity index (χ4v) is 4.42. The van der Waals surface area contributed by atoms with E-state index in [0.717, 1.165) is 42.0 Å². The summed E-state index contributed by atoms with van der Waals surface area (Å²) in [6.45, 7) is 8.96. The molecule has 0 fully saturated rings. The van der Waals surface area contributed by atoms with Crippen molar-refractivity contribution in [2.24, 2.45) is 0 Å². The van der Waals surface area contributed by atoms with Gasteiger partial charge in [0.15, 0.2) is 0 Å².